The first-order valence-electron chi connectivity index (χ1n) is 11.7. The molecule has 2 aliphatic heterocycles. The zero-order chi connectivity index (χ0) is 21.2. The van der Waals surface area contributed by atoms with Crippen LogP contribution in [0.2, 0.25) is 0 Å². The molecule has 1 saturated carbocycles. The fraction of sp³-hybridized carbons (Fsp3) is 0.462. The van der Waals surface area contributed by atoms with Gasteiger partial charge in [0.05, 0.1) is 0 Å². The fourth-order valence-corrected chi connectivity index (χ4v) is 5.36. The van der Waals surface area contributed by atoms with E-state index in [1.165, 1.54) is 31.2 Å². The number of fused-ring (bicyclic) bond motifs is 1. The molecule has 2 heterocycles. The Morgan fingerprint density at radius 3 is 2.16 bits per heavy atom. The van der Waals surface area contributed by atoms with Crippen LogP contribution in [0, 0.1) is 0 Å². The van der Waals surface area contributed by atoms with Crippen molar-refractivity contribution in [2.24, 2.45) is 0 Å². The Balaban J connectivity index is 1.22. The summed E-state index contributed by atoms with van der Waals surface area (Å²) in [4.78, 5) is 32.4. The molecule has 2 amide bonds. The summed E-state index contributed by atoms with van der Waals surface area (Å²) in [5.41, 5.74) is 3.87. The third kappa shape index (κ3) is 4.24. The van der Waals surface area contributed by atoms with Gasteiger partial charge in [0, 0.05) is 56.4 Å². The van der Waals surface area contributed by atoms with Crippen LogP contribution in [0.15, 0.2) is 48.5 Å². The van der Waals surface area contributed by atoms with Gasteiger partial charge in [-0.05, 0) is 54.7 Å². The number of hydrogen-bond donors (Lipinski definition) is 0. The molecule has 0 aromatic heterocycles. The van der Waals surface area contributed by atoms with Crippen LogP contribution >= 0.6 is 0 Å². The molecule has 5 rings (SSSR count). The van der Waals surface area contributed by atoms with E-state index < -0.39 is 0 Å². The van der Waals surface area contributed by atoms with Gasteiger partial charge in [0.2, 0.25) is 0 Å². The van der Waals surface area contributed by atoms with Crippen molar-refractivity contribution in [2.45, 2.75) is 44.7 Å². The first kappa shape index (κ1) is 20.3. The van der Waals surface area contributed by atoms with E-state index in [1.54, 1.807) is 0 Å². The summed E-state index contributed by atoms with van der Waals surface area (Å²) in [6, 6.07) is 16.2. The maximum Gasteiger partial charge on any atom is 0.254 e. The van der Waals surface area contributed by atoms with Crippen LogP contribution < -0.4 is 0 Å². The van der Waals surface area contributed by atoms with E-state index >= 15 is 0 Å². The van der Waals surface area contributed by atoms with E-state index in [4.69, 9.17) is 0 Å². The molecule has 0 spiro atoms. The number of piperazine rings is 1. The molecule has 1 saturated heterocycles. The molecule has 0 N–H and O–H groups in total. The Kier molecular flexibility index (Phi) is 5.77. The van der Waals surface area contributed by atoms with Gasteiger partial charge in [-0.1, -0.05) is 37.1 Å². The van der Waals surface area contributed by atoms with Gasteiger partial charge < -0.3 is 9.80 Å². The van der Waals surface area contributed by atoms with Crippen LogP contribution in [-0.2, 0) is 13.0 Å². The van der Waals surface area contributed by atoms with Gasteiger partial charge in [-0.15, -0.1) is 0 Å². The summed E-state index contributed by atoms with van der Waals surface area (Å²) in [7, 11) is 0. The predicted molar refractivity (Wildman–Crippen MR) is 121 cm³/mol. The summed E-state index contributed by atoms with van der Waals surface area (Å²) in [6.07, 6.45) is 6.15. The minimum absolute atomic E-state index is 0.0755. The second-order valence-corrected chi connectivity index (χ2v) is 9.09. The highest BCUT2D eigenvalue weighted by atomic mass is 16.2. The maximum absolute atomic E-state index is 13.1. The van der Waals surface area contributed by atoms with Gasteiger partial charge >= 0.3 is 0 Å². The lowest BCUT2D eigenvalue weighted by atomic mass is 9.96. The quantitative estimate of drug-likeness (QED) is 0.767. The molecule has 5 heteroatoms. The van der Waals surface area contributed by atoms with Gasteiger partial charge in [0.15, 0.2) is 0 Å². The fourth-order valence-electron chi connectivity index (χ4n) is 5.36. The zero-order valence-electron chi connectivity index (χ0n) is 18.1. The predicted octanol–water partition coefficient (Wildman–Crippen LogP) is 3.59. The van der Waals surface area contributed by atoms with Crippen molar-refractivity contribution in [1.82, 2.24) is 14.7 Å². The number of carbonyl (C=O) groups is 2. The Hall–Kier alpha value is -2.66. The average molecular weight is 418 g/mol. The first-order valence-corrected chi connectivity index (χ1v) is 11.7. The van der Waals surface area contributed by atoms with Crippen molar-refractivity contribution in [3.8, 4) is 0 Å². The molecule has 0 atom stereocenters. The van der Waals surface area contributed by atoms with Crippen LogP contribution in [-0.4, -0.2) is 65.3 Å². The molecule has 5 nitrogen and oxygen atoms in total. The van der Waals surface area contributed by atoms with E-state index in [9.17, 15) is 9.59 Å². The molecule has 2 aromatic rings. The van der Waals surface area contributed by atoms with Crippen LogP contribution in [0.3, 0.4) is 0 Å². The normalized spacial score (nSPS) is 20.0. The van der Waals surface area contributed by atoms with Crippen LogP contribution in [0.25, 0.3) is 0 Å². The molecule has 31 heavy (non-hydrogen) atoms. The van der Waals surface area contributed by atoms with Crippen LogP contribution in [0.5, 0.6) is 0 Å². The Morgan fingerprint density at radius 1 is 0.710 bits per heavy atom. The number of amides is 2. The third-order valence-corrected chi connectivity index (χ3v) is 7.22. The molecule has 3 aliphatic rings. The number of rotatable bonds is 3. The number of benzene rings is 2. The van der Waals surface area contributed by atoms with Gasteiger partial charge in [0.1, 0.15) is 0 Å². The zero-order valence-corrected chi connectivity index (χ0v) is 18.1. The van der Waals surface area contributed by atoms with E-state index in [-0.39, 0.29) is 11.8 Å². The van der Waals surface area contributed by atoms with E-state index in [0.29, 0.717) is 13.1 Å². The minimum atomic E-state index is 0.0755. The van der Waals surface area contributed by atoms with Gasteiger partial charge in [0.25, 0.3) is 11.8 Å². The van der Waals surface area contributed by atoms with Crippen molar-refractivity contribution in [2.75, 3.05) is 32.7 Å². The topological polar surface area (TPSA) is 43.9 Å². The van der Waals surface area contributed by atoms with Crippen molar-refractivity contribution in [1.29, 1.82) is 0 Å². The first-order chi connectivity index (χ1) is 15.2. The van der Waals surface area contributed by atoms with E-state index in [2.05, 4.69) is 11.0 Å². The lowest BCUT2D eigenvalue weighted by molar-refractivity contribution is 0.0572. The van der Waals surface area contributed by atoms with Crippen molar-refractivity contribution < 1.29 is 9.59 Å². The lowest BCUT2D eigenvalue weighted by Gasteiger charge is -2.38. The molecule has 2 aromatic carbocycles. The van der Waals surface area contributed by atoms with Gasteiger partial charge in [-0.2, -0.15) is 0 Å². The minimum Gasteiger partial charge on any atom is -0.336 e. The highest BCUT2D eigenvalue weighted by Gasteiger charge is 2.29. The van der Waals surface area contributed by atoms with Gasteiger partial charge in [-0.3, -0.25) is 14.5 Å². The average Bonchev–Trinajstić information content (AvgIpc) is 3.38. The SMILES string of the molecule is O=C(c1ccc2c(c1)CCN(C(=O)c1ccccc1)C2)N1CCN(C2CCCC2)CC1. The van der Waals surface area contributed by atoms with Crippen molar-refractivity contribution in [3.05, 3.63) is 70.8 Å². The maximum atomic E-state index is 13.1. The Labute approximate surface area is 184 Å². The monoisotopic (exact) mass is 417 g/mol. The highest BCUT2D eigenvalue weighted by Crippen LogP contribution is 2.26. The molecule has 1 aliphatic carbocycles. The summed E-state index contributed by atoms with van der Waals surface area (Å²) in [5, 5.41) is 0. The largest absolute Gasteiger partial charge is 0.336 e. The Morgan fingerprint density at radius 2 is 1.42 bits per heavy atom. The molecule has 0 radical (unpaired) electrons. The van der Waals surface area contributed by atoms with Gasteiger partial charge in [-0.25, -0.2) is 0 Å². The lowest BCUT2D eigenvalue weighted by Crippen LogP contribution is -2.51. The van der Waals surface area contributed by atoms with Crippen LogP contribution in [0.1, 0.15) is 57.5 Å². The molecular weight excluding hydrogens is 386 g/mol. The summed E-state index contributed by atoms with van der Waals surface area (Å²) in [5.74, 6) is 0.225. The summed E-state index contributed by atoms with van der Waals surface area (Å²) in [6.45, 7) is 4.95. The van der Waals surface area contributed by atoms with Crippen molar-refractivity contribution in [3.63, 3.8) is 0 Å². The summed E-state index contributed by atoms with van der Waals surface area (Å²) < 4.78 is 0. The van der Waals surface area contributed by atoms with Crippen LogP contribution in [0.4, 0.5) is 0 Å². The third-order valence-electron chi connectivity index (χ3n) is 7.22. The number of nitrogens with zero attached hydrogens (tertiary/aromatic N) is 3. The van der Waals surface area contributed by atoms with Crippen molar-refractivity contribution >= 4 is 11.8 Å². The van der Waals surface area contributed by atoms with E-state index in [1.807, 2.05) is 52.3 Å². The molecule has 162 valence electrons. The van der Waals surface area contributed by atoms with E-state index in [0.717, 1.165) is 55.3 Å². The smallest absolute Gasteiger partial charge is 0.254 e. The summed E-state index contributed by atoms with van der Waals surface area (Å²) >= 11 is 0. The molecule has 0 bridgehead atoms. The standard InChI is InChI=1S/C26H31N3O2/c30-25(20-6-2-1-3-7-20)29-13-12-21-18-22(10-11-23(21)19-29)26(31)28-16-14-27(15-17-28)24-8-4-5-9-24/h1-3,6-7,10-11,18,24H,4-5,8-9,12-17,19H2. The second-order valence-electron chi connectivity index (χ2n) is 9.09. The molecule has 2 fully saturated rings. The molecule has 0 unspecified atom stereocenters. The highest BCUT2D eigenvalue weighted by molar-refractivity contribution is 5.95. The number of hydrogen-bond acceptors (Lipinski definition) is 3. The Bertz CT molecular complexity index is 944. The second kappa shape index (κ2) is 8.83. The number of carbonyl (C=O) groups excluding carboxylic acids is 2. The molecular formula is C26H31N3O2.